The second-order valence-corrected chi connectivity index (χ2v) is 6.80. The van der Waals surface area contributed by atoms with Crippen LogP contribution < -0.4 is 14.4 Å². The van der Waals surface area contributed by atoms with Crippen LogP contribution in [0.3, 0.4) is 0 Å². The van der Waals surface area contributed by atoms with E-state index < -0.39 is 5.97 Å². The van der Waals surface area contributed by atoms with Crippen LogP contribution in [0.1, 0.15) is 12.8 Å². The van der Waals surface area contributed by atoms with Gasteiger partial charge >= 0.3 is 5.97 Å². The molecule has 4 rings (SSSR count). The Morgan fingerprint density at radius 1 is 1.25 bits per heavy atom. The fraction of sp³-hybridized carbons (Fsp3) is 0.350. The maximum absolute atomic E-state index is 11.4. The van der Waals surface area contributed by atoms with Gasteiger partial charge in [0, 0.05) is 31.0 Å². The van der Waals surface area contributed by atoms with Gasteiger partial charge in [-0.3, -0.25) is 4.79 Å². The Balaban J connectivity index is 1.77. The Kier molecular flexibility index (Phi) is 4.77. The van der Waals surface area contributed by atoms with Crippen molar-refractivity contribution in [2.24, 2.45) is 5.92 Å². The lowest BCUT2D eigenvalue weighted by atomic mass is 9.98. The molecule has 2 aromatic heterocycles. The third kappa shape index (κ3) is 3.21. The third-order valence-corrected chi connectivity index (χ3v) is 5.12. The molecule has 3 heterocycles. The number of carbonyl (C=O) groups is 1. The molecule has 0 bridgehead atoms. The Morgan fingerprint density at radius 3 is 2.86 bits per heavy atom. The number of rotatable bonds is 5. The van der Waals surface area contributed by atoms with E-state index in [1.54, 1.807) is 31.1 Å². The smallest absolute Gasteiger partial charge is 0.308 e. The molecule has 3 aromatic rings. The van der Waals surface area contributed by atoms with Crippen molar-refractivity contribution in [3.05, 3.63) is 36.7 Å². The number of hydrogen-bond acceptors (Lipinski definition) is 6. The Labute approximate surface area is 162 Å². The van der Waals surface area contributed by atoms with E-state index in [1.165, 1.54) is 0 Å². The Hall–Kier alpha value is -3.29. The van der Waals surface area contributed by atoms with Crippen LogP contribution in [0, 0.1) is 5.92 Å². The maximum Gasteiger partial charge on any atom is 0.308 e. The van der Waals surface area contributed by atoms with Gasteiger partial charge in [-0.1, -0.05) is 0 Å². The fourth-order valence-electron chi connectivity index (χ4n) is 3.67. The summed E-state index contributed by atoms with van der Waals surface area (Å²) in [4.78, 5) is 18.0. The highest BCUT2D eigenvalue weighted by molar-refractivity contribution is 5.79. The van der Waals surface area contributed by atoms with Gasteiger partial charge < -0.3 is 19.5 Å². The molecule has 1 N–H and O–H groups in total. The van der Waals surface area contributed by atoms with Gasteiger partial charge in [-0.15, -0.1) is 0 Å². The average molecular weight is 382 g/mol. The van der Waals surface area contributed by atoms with Gasteiger partial charge in [-0.25, -0.2) is 9.50 Å². The number of carboxylic acids is 1. The molecule has 1 unspecified atom stereocenters. The summed E-state index contributed by atoms with van der Waals surface area (Å²) in [5, 5.41) is 14.1. The summed E-state index contributed by atoms with van der Waals surface area (Å²) in [6.07, 6.45) is 4.99. The first-order valence-electron chi connectivity index (χ1n) is 9.15. The van der Waals surface area contributed by atoms with Crippen molar-refractivity contribution in [1.82, 2.24) is 14.6 Å². The molecule has 0 aliphatic carbocycles. The molecule has 28 heavy (non-hydrogen) atoms. The van der Waals surface area contributed by atoms with E-state index in [9.17, 15) is 9.90 Å². The number of piperidine rings is 1. The van der Waals surface area contributed by atoms with Crippen LogP contribution in [0.5, 0.6) is 11.5 Å². The zero-order valence-electron chi connectivity index (χ0n) is 15.8. The van der Waals surface area contributed by atoms with Crippen LogP contribution in [0.4, 0.5) is 5.82 Å². The van der Waals surface area contributed by atoms with Gasteiger partial charge in [0.15, 0.2) is 5.82 Å². The monoisotopic (exact) mass is 382 g/mol. The van der Waals surface area contributed by atoms with Crippen molar-refractivity contribution in [3.63, 3.8) is 0 Å². The van der Waals surface area contributed by atoms with Crippen molar-refractivity contribution in [2.45, 2.75) is 12.8 Å². The molecule has 0 amide bonds. The minimum atomic E-state index is -0.757. The molecular formula is C20H22N4O4. The number of hydrogen-bond donors (Lipinski definition) is 1. The zero-order chi connectivity index (χ0) is 19.7. The van der Waals surface area contributed by atoms with E-state index >= 15 is 0 Å². The quantitative estimate of drug-likeness (QED) is 0.726. The molecule has 1 aliphatic rings. The highest BCUT2D eigenvalue weighted by atomic mass is 16.5. The predicted molar refractivity (Wildman–Crippen MR) is 104 cm³/mol. The van der Waals surface area contributed by atoms with Gasteiger partial charge in [0.2, 0.25) is 0 Å². The van der Waals surface area contributed by atoms with Crippen molar-refractivity contribution >= 4 is 17.3 Å². The van der Waals surface area contributed by atoms with Crippen molar-refractivity contribution in [3.8, 4) is 22.8 Å². The highest BCUT2D eigenvalue weighted by Gasteiger charge is 2.27. The molecule has 1 saturated heterocycles. The summed E-state index contributed by atoms with van der Waals surface area (Å²) < 4.78 is 12.6. The maximum atomic E-state index is 11.4. The summed E-state index contributed by atoms with van der Waals surface area (Å²) in [7, 11) is 3.24. The zero-order valence-corrected chi connectivity index (χ0v) is 15.8. The molecule has 0 saturated carbocycles. The summed E-state index contributed by atoms with van der Waals surface area (Å²) >= 11 is 0. The van der Waals surface area contributed by atoms with Crippen LogP contribution in [0.2, 0.25) is 0 Å². The second kappa shape index (κ2) is 7.38. The largest absolute Gasteiger partial charge is 0.497 e. The molecule has 1 aliphatic heterocycles. The summed E-state index contributed by atoms with van der Waals surface area (Å²) in [5.41, 5.74) is 2.38. The highest BCUT2D eigenvalue weighted by Crippen LogP contribution is 2.35. The number of fused-ring (bicyclic) bond motifs is 1. The minimum absolute atomic E-state index is 0.378. The Morgan fingerprint density at radius 2 is 2.11 bits per heavy atom. The lowest BCUT2D eigenvalue weighted by molar-refractivity contribution is -0.141. The number of nitrogens with zero attached hydrogens (tertiary/aromatic N) is 4. The van der Waals surface area contributed by atoms with Crippen molar-refractivity contribution in [2.75, 3.05) is 32.2 Å². The van der Waals surface area contributed by atoms with E-state index in [0.29, 0.717) is 24.5 Å². The van der Waals surface area contributed by atoms with Crippen LogP contribution >= 0.6 is 0 Å². The first-order chi connectivity index (χ1) is 13.6. The molecular weight excluding hydrogens is 360 g/mol. The molecule has 8 heteroatoms. The first kappa shape index (κ1) is 18.1. The van der Waals surface area contributed by atoms with E-state index in [-0.39, 0.29) is 5.92 Å². The minimum Gasteiger partial charge on any atom is -0.497 e. The van der Waals surface area contributed by atoms with E-state index in [4.69, 9.17) is 9.47 Å². The molecule has 1 aromatic carbocycles. The van der Waals surface area contributed by atoms with E-state index in [1.807, 2.05) is 29.2 Å². The van der Waals surface area contributed by atoms with Gasteiger partial charge in [0.1, 0.15) is 17.0 Å². The van der Waals surface area contributed by atoms with Gasteiger partial charge in [-0.2, -0.15) is 5.10 Å². The lowest BCUT2D eigenvalue weighted by Crippen LogP contribution is -2.39. The summed E-state index contributed by atoms with van der Waals surface area (Å²) in [6.45, 7) is 1.23. The first-order valence-corrected chi connectivity index (χ1v) is 9.15. The number of aliphatic carboxylic acids is 1. The molecule has 146 valence electrons. The number of anilines is 1. The molecule has 0 spiro atoms. The number of aromatic nitrogens is 3. The normalized spacial score (nSPS) is 16.9. The molecule has 1 atom stereocenters. The van der Waals surface area contributed by atoms with Crippen molar-refractivity contribution in [1.29, 1.82) is 0 Å². The Bertz CT molecular complexity index is 1020. The summed E-state index contributed by atoms with van der Waals surface area (Å²) in [5.74, 6) is 1.02. The van der Waals surface area contributed by atoms with Crippen LogP contribution in [0.25, 0.3) is 16.8 Å². The van der Waals surface area contributed by atoms with E-state index in [2.05, 4.69) is 10.1 Å². The lowest BCUT2D eigenvalue weighted by Gasteiger charge is -2.31. The SMILES string of the molecule is COc1ccc(OC)c(-c2cc3c(N4CCCC(C(=O)O)C4)nccn3n2)c1. The fourth-order valence-corrected chi connectivity index (χ4v) is 3.67. The third-order valence-electron chi connectivity index (χ3n) is 5.12. The van der Waals surface area contributed by atoms with Gasteiger partial charge in [0.05, 0.1) is 25.8 Å². The summed E-state index contributed by atoms with van der Waals surface area (Å²) in [6, 6.07) is 7.52. The number of benzene rings is 1. The standard InChI is InChI=1S/C20H22N4O4/c1-27-14-5-6-18(28-2)15(10-14)16-11-17-19(21-7-9-24(17)22-16)23-8-3-4-13(12-23)20(25)26/h5-7,9-11,13H,3-4,8,12H2,1-2H3,(H,25,26). The molecule has 8 nitrogen and oxygen atoms in total. The van der Waals surface area contributed by atoms with Crippen LogP contribution in [0.15, 0.2) is 36.7 Å². The topological polar surface area (TPSA) is 89.2 Å². The predicted octanol–water partition coefficient (Wildman–Crippen LogP) is 2.71. The second-order valence-electron chi connectivity index (χ2n) is 6.80. The van der Waals surface area contributed by atoms with Gasteiger partial charge in [0.25, 0.3) is 0 Å². The van der Waals surface area contributed by atoms with Crippen LogP contribution in [-0.2, 0) is 4.79 Å². The number of methoxy groups -OCH3 is 2. The average Bonchev–Trinajstić information content (AvgIpc) is 3.17. The van der Waals surface area contributed by atoms with E-state index in [0.717, 1.165) is 35.6 Å². The molecule has 1 fully saturated rings. The van der Waals surface area contributed by atoms with Crippen molar-refractivity contribution < 1.29 is 19.4 Å². The number of carboxylic acid groups (broad SMARTS) is 1. The van der Waals surface area contributed by atoms with Gasteiger partial charge in [-0.05, 0) is 37.1 Å². The molecule has 0 radical (unpaired) electrons. The number of ether oxygens (including phenoxy) is 2. The van der Waals surface area contributed by atoms with Crippen LogP contribution in [-0.4, -0.2) is 53.0 Å².